The van der Waals surface area contributed by atoms with Gasteiger partial charge in [-0.1, -0.05) is 43.5 Å². The van der Waals surface area contributed by atoms with Gasteiger partial charge in [-0.2, -0.15) is 17.0 Å². The van der Waals surface area contributed by atoms with Crippen LogP contribution in [0, 0.1) is 0 Å². The lowest BCUT2D eigenvalue weighted by atomic mass is 9.90. The van der Waals surface area contributed by atoms with E-state index >= 15 is 0 Å². The SMILES string of the molecule is CC(=O)N1CCc2ccccc2C1CC(=O)N1CCN(S(=O)(=O)N(C)C2CCCCC2)CC1. The van der Waals surface area contributed by atoms with Crippen molar-refractivity contribution in [2.75, 3.05) is 39.8 Å². The van der Waals surface area contributed by atoms with Crippen molar-refractivity contribution in [2.45, 2.75) is 64.0 Å². The van der Waals surface area contributed by atoms with E-state index in [1.165, 1.54) is 16.3 Å². The van der Waals surface area contributed by atoms with E-state index in [0.29, 0.717) is 32.7 Å². The maximum Gasteiger partial charge on any atom is 0.282 e. The van der Waals surface area contributed by atoms with Gasteiger partial charge in [-0.15, -0.1) is 0 Å². The number of piperazine rings is 1. The van der Waals surface area contributed by atoms with Crippen LogP contribution in [0.5, 0.6) is 0 Å². The summed E-state index contributed by atoms with van der Waals surface area (Å²) in [5.74, 6) is -0.0513. The fraction of sp³-hybridized carbons (Fsp3) is 0.667. The van der Waals surface area contributed by atoms with E-state index in [9.17, 15) is 18.0 Å². The number of carbonyl (C=O) groups is 2. The van der Waals surface area contributed by atoms with Crippen LogP contribution in [0.4, 0.5) is 0 Å². The maximum absolute atomic E-state index is 13.2. The molecule has 2 amide bonds. The molecule has 1 atom stereocenters. The average molecular weight is 477 g/mol. The first-order chi connectivity index (χ1) is 15.8. The van der Waals surface area contributed by atoms with Gasteiger partial charge in [0.05, 0.1) is 12.5 Å². The smallest absolute Gasteiger partial charge is 0.282 e. The van der Waals surface area contributed by atoms with Gasteiger partial charge in [-0.3, -0.25) is 9.59 Å². The molecule has 1 saturated carbocycles. The summed E-state index contributed by atoms with van der Waals surface area (Å²) in [6.45, 7) is 3.54. The molecule has 9 heteroatoms. The van der Waals surface area contributed by atoms with E-state index in [1.807, 2.05) is 18.2 Å². The van der Waals surface area contributed by atoms with Crippen LogP contribution in [-0.4, -0.2) is 84.5 Å². The predicted molar refractivity (Wildman–Crippen MR) is 127 cm³/mol. The van der Waals surface area contributed by atoms with Crippen LogP contribution in [0.15, 0.2) is 24.3 Å². The third kappa shape index (κ3) is 5.10. The molecule has 1 saturated heterocycles. The van der Waals surface area contributed by atoms with Gasteiger partial charge in [-0.05, 0) is 30.4 Å². The van der Waals surface area contributed by atoms with Crippen molar-refractivity contribution < 1.29 is 18.0 Å². The normalized spacial score (nSPS) is 22.9. The maximum atomic E-state index is 13.2. The first kappa shape index (κ1) is 24.2. The quantitative estimate of drug-likeness (QED) is 0.652. The number of nitrogens with zero attached hydrogens (tertiary/aromatic N) is 4. The van der Waals surface area contributed by atoms with Gasteiger partial charge in [-0.25, -0.2) is 0 Å². The molecule has 0 radical (unpaired) electrons. The number of amides is 2. The summed E-state index contributed by atoms with van der Waals surface area (Å²) in [7, 11) is -1.83. The second-order valence-corrected chi connectivity index (χ2v) is 11.5. The van der Waals surface area contributed by atoms with Gasteiger partial charge in [0.25, 0.3) is 10.2 Å². The molecule has 0 N–H and O–H groups in total. The van der Waals surface area contributed by atoms with Crippen molar-refractivity contribution in [3.05, 3.63) is 35.4 Å². The van der Waals surface area contributed by atoms with Gasteiger partial charge in [0.15, 0.2) is 0 Å². The number of carbonyl (C=O) groups excluding carboxylic acids is 2. The van der Waals surface area contributed by atoms with Crippen LogP contribution >= 0.6 is 0 Å². The Morgan fingerprint density at radius 3 is 2.33 bits per heavy atom. The van der Waals surface area contributed by atoms with Crippen molar-refractivity contribution in [1.82, 2.24) is 18.4 Å². The number of fused-ring (bicyclic) bond motifs is 1. The lowest BCUT2D eigenvalue weighted by Gasteiger charge is -2.40. The van der Waals surface area contributed by atoms with Crippen LogP contribution in [0.25, 0.3) is 0 Å². The van der Waals surface area contributed by atoms with Crippen molar-refractivity contribution in [1.29, 1.82) is 0 Å². The average Bonchev–Trinajstić information content (AvgIpc) is 2.84. The van der Waals surface area contributed by atoms with Crippen LogP contribution in [-0.2, 0) is 26.2 Å². The lowest BCUT2D eigenvalue weighted by Crippen LogP contribution is -2.55. The van der Waals surface area contributed by atoms with Crippen LogP contribution in [0.1, 0.15) is 62.6 Å². The first-order valence-electron chi connectivity index (χ1n) is 12.1. The molecule has 2 fully saturated rings. The first-order valence-corrected chi connectivity index (χ1v) is 13.5. The third-order valence-electron chi connectivity index (χ3n) is 7.56. The Bertz CT molecular complexity index is 968. The van der Waals surface area contributed by atoms with Gasteiger partial charge in [0, 0.05) is 52.7 Å². The molecular formula is C24H36N4O4S. The Morgan fingerprint density at radius 2 is 1.67 bits per heavy atom. The summed E-state index contributed by atoms with van der Waals surface area (Å²) in [5.41, 5.74) is 2.23. The van der Waals surface area contributed by atoms with E-state index in [0.717, 1.165) is 37.7 Å². The van der Waals surface area contributed by atoms with Crippen LogP contribution < -0.4 is 0 Å². The summed E-state index contributed by atoms with van der Waals surface area (Å²) in [4.78, 5) is 29.0. The Balaban J connectivity index is 1.39. The molecule has 3 aliphatic rings. The molecule has 33 heavy (non-hydrogen) atoms. The van der Waals surface area contributed by atoms with Crippen molar-refractivity contribution in [3.63, 3.8) is 0 Å². The lowest BCUT2D eigenvalue weighted by molar-refractivity contribution is -0.137. The second-order valence-electron chi connectivity index (χ2n) is 9.48. The molecule has 1 aromatic rings. The van der Waals surface area contributed by atoms with E-state index in [-0.39, 0.29) is 30.3 Å². The molecule has 1 unspecified atom stereocenters. The Kier molecular flexibility index (Phi) is 7.40. The largest absolute Gasteiger partial charge is 0.340 e. The highest BCUT2D eigenvalue weighted by molar-refractivity contribution is 7.86. The number of hydrogen-bond acceptors (Lipinski definition) is 4. The zero-order valence-electron chi connectivity index (χ0n) is 19.8. The minimum atomic E-state index is -3.52. The summed E-state index contributed by atoms with van der Waals surface area (Å²) in [6.07, 6.45) is 6.20. The van der Waals surface area contributed by atoms with Gasteiger partial charge < -0.3 is 9.80 Å². The van der Waals surface area contributed by atoms with Gasteiger partial charge in [0.2, 0.25) is 11.8 Å². The topological polar surface area (TPSA) is 81.2 Å². The summed E-state index contributed by atoms with van der Waals surface area (Å²) in [6, 6.07) is 7.83. The van der Waals surface area contributed by atoms with Crippen molar-refractivity contribution in [3.8, 4) is 0 Å². The van der Waals surface area contributed by atoms with E-state index in [2.05, 4.69) is 6.07 Å². The number of hydrogen-bond donors (Lipinski definition) is 0. The molecule has 182 valence electrons. The fourth-order valence-corrected chi connectivity index (χ4v) is 7.10. The van der Waals surface area contributed by atoms with E-state index in [1.54, 1.807) is 28.1 Å². The summed E-state index contributed by atoms with van der Waals surface area (Å²) in [5, 5.41) is 0. The monoisotopic (exact) mass is 476 g/mol. The summed E-state index contributed by atoms with van der Waals surface area (Å²) < 4.78 is 29.3. The van der Waals surface area contributed by atoms with Crippen LogP contribution in [0.3, 0.4) is 0 Å². The minimum absolute atomic E-state index is 0.0241. The highest BCUT2D eigenvalue weighted by Crippen LogP contribution is 2.33. The zero-order valence-corrected chi connectivity index (χ0v) is 20.6. The molecule has 1 aromatic carbocycles. The molecule has 2 heterocycles. The van der Waals surface area contributed by atoms with Gasteiger partial charge >= 0.3 is 0 Å². The highest BCUT2D eigenvalue weighted by Gasteiger charge is 2.37. The van der Waals surface area contributed by atoms with Gasteiger partial charge in [0.1, 0.15) is 0 Å². The fourth-order valence-electron chi connectivity index (χ4n) is 5.53. The Hall–Kier alpha value is -1.97. The molecule has 0 aromatic heterocycles. The molecule has 1 aliphatic carbocycles. The third-order valence-corrected chi connectivity index (χ3v) is 9.60. The molecule has 0 spiro atoms. The van der Waals surface area contributed by atoms with E-state index < -0.39 is 10.2 Å². The Labute approximate surface area is 197 Å². The zero-order chi connectivity index (χ0) is 23.6. The van der Waals surface area contributed by atoms with E-state index in [4.69, 9.17) is 0 Å². The second kappa shape index (κ2) is 10.1. The minimum Gasteiger partial charge on any atom is -0.340 e. The predicted octanol–water partition coefficient (Wildman–Crippen LogP) is 2.18. The molecule has 8 nitrogen and oxygen atoms in total. The van der Waals surface area contributed by atoms with Crippen LogP contribution in [0.2, 0.25) is 0 Å². The Morgan fingerprint density at radius 1 is 1.00 bits per heavy atom. The van der Waals surface area contributed by atoms with Crippen molar-refractivity contribution >= 4 is 22.0 Å². The standard InChI is InChI=1S/C24H36N4O4S/c1-19(29)28-13-12-20-8-6-7-11-22(20)23(28)18-24(30)26-14-16-27(17-15-26)33(31,32)25(2)21-9-4-3-5-10-21/h6-8,11,21,23H,3-5,9-10,12-18H2,1-2H3. The molecule has 2 aliphatic heterocycles. The number of rotatable bonds is 5. The van der Waals surface area contributed by atoms with Crippen molar-refractivity contribution in [2.24, 2.45) is 0 Å². The summed E-state index contributed by atoms with van der Waals surface area (Å²) >= 11 is 0. The highest BCUT2D eigenvalue weighted by atomic mass is 32.2. The number of benzene rings is 1. The molecular weight excluding hydrogens is 440 g/mol. The molecule has 4 rings (SSSR count). The molecule has 0 bridgehead atoms.